The van der Waals surface area contributed by atoms with Crippen molar-refractivity contribution in [1.29, 1.82) is 5.26 Å². The van der Waals surface area contributed by atoms with Gasteiger partial charge >= 0.3 is 0 Å². The van der Waals surface area contributed by atoms with Crippen molar-refractivity contribution in [3.8, 4) is 6.07 Å². The van der Waals surface area contributed by atoms with Crippen molar-refractivity contribution in [3.63, 3.8) is 0 Å². The molecule has 0 saturated heterocycles. The van der Waals surface area contributed by atoms with Gasteiger partial charge in [-0.1, -0.05) is 43.5 Å². The monoisotopic (exact) mass is 195 g/mol. The molecule has 0 aromatic heterocycles. The first-order valence-corrected chi connectivity index (χ1v) is 4.67. The number of rotatable bonds is 3. The fourth-order valence-electron chi connectivity index (χ4n) is 1.26. The van der Waals surface area contributed by atoms with E-state index in [0.29, 0.717) is 5.57 Å². The number of benzene rings is 1. The molecule has 0 aliphatic rings. The molecular weight excluding hydrogens is 182 g/mol. The summed E-state index contributed by atoms with van der Waals surface area (Å²) in [5.41, 5.74) is 3.60. The van der Waals surface area contributed by atoms with Crippen LogP contribution in [0.15, 0.2) is 55.1 Å². The van der Waals surface area contributed by atoms with Crippen LogP contribution < -0.4 is 0 Å². The largest absolute Gasteiger partial charge is 0.192 e. The van der Waals surface area contributed by atoms with Gasteiger partial charge in [0.05, 0.1) is 6.07 Å². The van der Waals surface area contributed by atoms with E-state index in [1.165, 1.54) is 5.56 Å². The second kappa shape index (κ2) is 4.97. The summed E-state index contributed by atoms with van der Waals surface area (Å²) in [7, 11) is 0. The lowest BCUT2D eigenvalue weighted by Gasteiger charge is -2.04. The van der Waals surface area contributed by atoms with Gasteiger partial charge in [0.15, 0.2) is 0 Å². The van der Waals surface area contributed by atoms with E-state index in [4.69, 9.17) is 5.26 Å². The van der Waals surface area contributed by atoms with Gasteiger partial charge in [0.1, 0.15) is 0 Å². The third-order valence-electron chi connectivity index (χ3n) is 2.12. The van der Waals surface area contributed by atoms with Crippen molar-refractivity contribution in [3.05, 3.63) is 66.3 Å². The third-order valence-corrected chi connectivity index (χ3v) is 2.12. The maximum Gasteiger partial charge on any atom is 0.0985 e. The van der Waals surface area contributed by atoms with Crippen molar-refractivity contribution in [2.45, 2.75) is 6.92 Å². The second-order valence-corrected chi connectivity index (χ2v) is 3.31. The van der Waals surface area contributed by atoms with Gasteiger partial charge in [-0.15, -0.1) is 0 Å². The molecule has 0 radical (unpaired) electrons. The summed E-state index contributed by atoms with van der Waals surface area (Å²) in [5, 5.41) is 8.54. The molecule has 1 rings (SSSR count). The lowest BCUT2D eigenvalue weighted by atomic mass is 10.0. The number of nitrogens with zero attached hydrogens (tertiary/aromatic N) is 1. The molecule has 1 aromatic carbocycles. The molecule has 0 heterocycles. The zero-order chi connectivity index (χ0) is 11.3. The summed E-state index contributed by atoms with van der Waals surface area (Å²) in [4.78, 5) is 0. The number of aryl methyl sites for hydroxylation is 1. The Labute approximate surface area is 90.7 Å². The van der Waals surface area contributed by atoms with E-state index in [0.717, 1.165) is 11.1 Å². The Morgan fingerprint density at radius 3 is 2.53 bits per heavy atom. The van der Waals surface area contributed by atoms with Crippen molar-refractivity contribution < 1.29 is 0 Å². The Bertz CT molecular complexity index is 458. The third kappa shape index (κ3) is 2.96. The average molecular weight is 195 g/mol. The maximum atomic E-state index is 8.54. The summed E-state index contributed by atoms with van der Waals surface area (Å²) >= 11 is 0. The SMILES string of the molecule is C=C(C#N)/C=C\C(=C)c1ccccc1C. The lowest BCUT2D eigenvalue weighted by molar-refractivity contribution is 1.43. The molecule has 0 aliphatic heterocycles. The molecule has 1 heteroatoms. The second-order valence-electron chi connectivity index (χ2n) is 3.31. The van der Waals surface area contributed by atoms with Crippen LogP contribution in [-0.4, -0.2) is 0 Å². The number of hydrogen-bond acceptors (Lipinski definition) is 1. The van der Waals surface area contributed by atoms with Crippen LogP contribution in [0.4, 0.5) is 0 Å². The van der Waals surface area contributed by atoms with E-state index in [2.05, 4.69) is 13.2 Å². The zero-order valence-electron chi connectivity index (χ0n) is 8.83. The molecule has 0 spiro atoms. The van der Waals surface area contributed by atoms with Gasteiger partial charge in [-0.25, -0.2) is 0 Å². The predicted octanol–water partition coefficient (Wildman–Crippen LogP) is 3.64. The highest BCUT2D eigenvalue weighted by molar-refractivity contribution is 5.74. The van der Waals surface area contributed by atoms with E-state index < -0.39 is 0 Å². The van der Waals surface area contributed by atoms with Crippen LogP contribution in [-0.2, 0) is 0 Å². The molecule has 0 bridgehead atoms. The molecule has 1 aromatic rings. The van der Waals surface area contributed by atoms with Gasteiger partial charge in [0, 0.05) is 5.57 Å². The van der Waals surface area contributed by atoms with Crippen LogP contribution in [0, 0.1) is 18.3 Å². The summed E-state index contributed by atoms with van der Waals surface area (Å²) in [5.74, 6) is 0. The van der Waals surface area contributed by atoms with Crippen LogP contribution in [0.1, 0.15) is 11.1 Å². The maximum absolute atomic E-state index is 8.54. The van der Waals surface area contributed by atoms with Crippen LogP contribution >= 0.6 is 0 Å². The standard InChI is InChI=1S/C14H13N/c1-11(10-15)8-9-13(3)14-7-5-4-6-12(14)2/h4-9H,1,3H2,2H3/b9-8-. The molecule has 0 saturated carbocycles. The van der Waals surface area contributed by atoms with Crippen molar-refractivity contribution >= 4 is 5.57 Å². The molecule has 0 atom stereocenters. The Morgan fingerprint density at radius 1 is 1.27 bits per heavy atom. The molecule has 74 valence electrons. The highest BCUT2D eigenvalue weighted by atomic mass is 14.2. The van der Waals surface area contributed by atoms with Gasteiger partial charge in [-0.2, -0.15) is 5.26 Å². The van der Waals surface area contributed by atoms with E-state index in [-0.39, 0.29) is 0 Å². The van der Waals surface area contributed by atoms with Crippen molar-refractivity contribution in [2.75, 3.05) is 0 Å². The quantitative estimate of drug-likeness (QED) is 0.533. The van der Waals surface area contributed by atoms with E-state index in [1.54, 1.807) is 6.08 Å². The lowest BCUT2D eigenvalue weighted by Crippen LogP contribution is -1.84. The first-order valence-electron chi connectivity index (χ1n) is 4.67. The summed E-state index contributed by atoms with van der Waals surface area (Å²) in [6, 6.07) is 9.97. The Hall–Kier alpha value is -2.07. The van der Waals surface area contributed by atoms with Crippen molar-refractivity contribution in [1.82, 2.24) is 0 Å². The molecule has 0 unspecified atom stereocenters. The predicted molar refractivity (Wildman–Crippen MR) is 64.1 cm³/mol. The van der Waals surface area contributed by atoms with Gasteiger partial charge in [-0.3, -0.25) is 0 Å². The number of allylic oxidation sites excluding steroid dienone is 4. The zero-order valence-corrected chi connectivity index (χ0v) is 8.83. The normalized spacial score (nSPS) is 9.87. The van der Waals surface area contributed by atoms with Gasteiger partial charge in [0.2, 0.25) is 0 Å². The van der Waals surface area contributed by atoms with Crippen LogP contribution in [0.25, 0.3) is 5.57 Å². The highest BCUT2D eigenvalue weighted by Gasteiger charge is 1.97. The fraction of sp³-hybridized carbons (Fsp3) is 0.0714. The molecule has 1 nitrogen and oxygen atoms in total. The van der Waals surface area contributed by atoms with Crippen LogP contribution in [0.3, 0.4) is 0 Å². The smallest absolute Gasteiger partial charge is 0.0985 e. The van der Waals surface area contributed by atoms with E-state index >= 15 is 0 Å². The van der Waals surface area contributed by atoms with Gasteiger partial charge in [-0.05, 0) is 29.7 Å². The summed E-state index contributed by atoms with van der Waals surface area (Å²) < 4.78 is 0. The first-order chi connectivity index (χ1) is 7.15. The Balaban J connectivity index is 2.88. The highest BCUT2D eigenvalue weighted by Crippen LogP contribution is 2.18. The summed E-state index contributed by atoms with van der Waals surface area (Å²) in [6.45, 7) is 9.56. The molecule has 15 heavy (non-hydrogen) atoms. The molecule has 0 amide bonds. The van der Waals surface area contributed by atoms with Gasteiger partial charge < -0.3 is 0 Å². The molecule has 0 aliphatic carbocycles. The minimum Gasteiger partial charge on any atom is -0.192 e. The average Bonchev–Trinajstić information content (AvgIpc) is 2.26. The minimum absolute atomic E-state index is 0.435. The number of nitriles is 1. The topological polar surface area (TPSA) is 23.8 Å². The van der Waals surface area contributed by atoms with Crippen molar-refractivity contribution in [2.24, 2.45) is 0 Å². The Kier molecular flexibility index (Phi) is 3.65. The van der Waals surface area contributed by atoms with E-state index in [1.807, 2.05) is 43.3 Å². The molecule has 0 fully saturated rings. The summed E-state index contributed by atoms with van der Waals surface area (Å²) in [6.07, 6.45) is 3.49. The van der Waals surface area contributed by atoms with E-state index in [9.17, 15) is 0 Å². The number of hydrogen-bond donors (Lipinski definition) is 0. The fourth-order valence-corrected chi connectivity index (χ4v) is 1.26. The van der Waals surface area contributed by atoms with Crippen LogP contribution in [0.2, 0.25) is 0 Å². The van der Waals surface area contributed by atoms with Gasteiger partial charge in [0.25, 0.3) is 0 Å². The Morgan fingerprint density at radius 2 is 1.93 bits per heavy atom. The molecular formula is C14H13N. The molecule has 0 N–H and O–H groups in total. The van der Waals surface area contributed by atoms with Crippen LogP contribution in [0.5, 0.6) is 0 Å². The minimum atomic E-state index is 0.435. The first kappa shape index (κ1) is 11.0.